The molecule has 0 radical (unpaired) electrons. The molecule has 0 unspecified atom stereocenters. The van der Waals surface area contributed by atoms with Crippen molar-refractivity contribution in [2.24, 2.45) is 0 Å². The summed E-state index contributed by atoms with van der Waals surface area (Å²) in [6, 6.07) is 7.02. The van der Waals surface area contributed by atoms with E-state index in [-0.39, 0.29) is 0 Å². The Morgan fingerprint density at radius 1 is 0.533 bits per heavy atom. The van der Waals surface area contributed by atoms with E-state index in [9.17, 15) is 17.6 Å². The van der Waals surface area contributed by atoms with Gasteiger partial charge in [-0.2, -0.15) is 0 Å². The van der Waals surface area contributed by atoms with Crippen molar-refractivity contribution in [3.8, 4) is 0 Å². The molecule has 30 heavy (non-hydrogen) atoms. The van der Waals surface area contributed by atoms with Gasteiger partial charge in [0.05, 0.1) is 26.4 Å². The molecule has 0 spiro atoms. The zero-order chi connectivity index (χ0) is 21.3. The Balaban J connectivity index is 1.51. The summed E-state index contributed by atoms with van der Waals surface area (Å²) in [5.74, 6) is -2.37. The maximum Gasteiger partial charge on any atom is 0.126 e. The van der Waals surface area contributed by atoms with Gasteiger partial charge in [0, 0.05) is 51.4 Å². The molecular weight excluding hydrogens is 400 g/mol. The Morgan fingerprint density at radius 2 is 0.833 bits per heavy atom. The number of rotatable bonds is 4. The third-order valence-electron chi connectivity index (χ3n) is 4.86. The van der Waals surface area contributed by atoms with Gasteiger partial charge < -0.3 is 9.47 Å². The van der Waals surface area contributed by atoms with Crippen molar-refractivity contribution in [2.75, 3.05) is 52.6 Å². The summed E-state index contributed by atoms with van der Waals surface area (Å²) >= 11 is 0. The van der Waals surface area contributed by atoms with Crippen molar-refractivity contribution in [3.05, 3.63) is 70.8 Å². The van der Waals surface area contributed by atoms with Crippen molar-refractivity contribution >= 4 is 0 Å². The van der Waals surface area contributed by atoms with Gasteiger partial charge in [0.2, 0.25) is 0 Å². The Bertz CT molecular complexity index is 702. The van der Waals surface area contributed by atoms with Crippen LogP contribution in [0.15, 0.2) is 36.4 Å². The SMILES string of the molecule is Fc1cc(F)cc(CN2CCOCCN(Cc3cc(F)cc(F)c3)CCOCC2)c1. The van der Waals surface area contributed by atoms with Crippen molar-refractivity contribution in [1.82, 2.24) is 9.80 Å². The van der Waals surface area contributed by atoms with Crippen molar-refractivity contribution < 1.29 is 27.0 Å². The maximum absolute atomic E-state index is 13.4. The molecular formula is C22H26F4N2O2. The topological polar surface area (TPSA) is 24.9 Å². The summed E-state index contributed by atoms with van der Waals surface area (Å²) in [7, 11) is 0. The summed E-state index contributed by atoms with van der Waals surface area (Å²) in [6.45, 7) is 5.01. The predicted molar refractivity (Wildman–Crippen MR) is 105 cm³/mol. The highest BCUT2D eigenvalue weighted by atomic mass is 19.1. The van der Waals surface area contributed by atoms with Crippen molar-refractivity contribution in [3.63, 3.8) is 0 Å². The summed E-state index contributed by atoms with van der Waals surface area (Å²) in [5, 5.41) is 0. The van der Waals surface area contributed by atoms with E-state index in [1.165, 1.54) is 24.3 Å². The van der Waals surface area contributed by atoms with Gasteiger partial charge in [0.15, 0.2) is 0 Å². The van der Waals surface area contributed by atoms with E-state index in [1.807, 2.05) is 9.80 Å². The molecule has 0 bridgehead atoms. The second kappa shape index (κ2) is 11.4. The summed E-state index contributed by atoms with van der Waals surface area (Å²) in [4.78, 5) is 4.06. The zero-order valence-corrected chi connectivity index (χ0v) is 16.8. The molecule has 4 nitrogen and oxygen atoms in total. The molecule has 2 aromatic rings. The van der Waals surface area contributed by atoms with Crippen LogP contribution in [0.25, 0.3) is 0 Å². The number of benzene rings is 2. The van der Waals surface area contributed by atoms with Crippen LogP contribution in [0.3, 0.4) is 0 Å². The molecule has 2 aromatic carbocycles. The van der Waals surface area contributed by atoms with Crippen LogP contribution in [0.2, 0.25) is 0 Å². The largest absolute Gasteiger partial charge is 0.379 e. The Kier molecular flexibility index (Phi) is 8.62. The molecule has 164 valence electrons. The van der Waals surface area contributed by atoms with E-state index in [4.69, 9.17) is 9.47 Å². The molecule has 0 atom stereocenters. The fourth-order valence-corrected chi connectivity index (χ4v) is 3.44. The van der Waals surface area contributed by atoms with E-state index < -0.39 is 23.3 Å². The van der Waals surface area contributed by atoms with Crippen LogP contribution < -0.4 is 0 Å². The predicted octanol–water partition coefficient (Wildman–Crippen LogP) is 3.59. The molecule has 1 aliphatic rings. The van der Waals surface area contributed by atoms with Crippen LogP contribution in [0.5, 0.6) is 0 Å². The van der Waals surface area contributed by atoms with E-state index in [0.29, 0.717) is 76.8 Å². The molecule has 1 saturated heterocycles. The molecule has 1 heterocycles. The van der Waals surface area contributed by atoms with Crippen LogP contribution >= 0.6 is 0 Å². The van der Waals surface area contributed by atoms with Crippen molar-refractivity contribution in [1.29, 1.82) is 0 Å². The monoisotopic (exact) mass is 426 g/mol. The van der Waals surface area contributed by atoms with Gasteiger partial charge in [0.25, 0.3) is 0 Å². The average Bonchev–Trinajstić information content (AvgIpc) is 2.64. The fourth-order valence-electron chi connectivity index (χ4n) is 3.44. The normalized spacial score (nSPS) is 18.0. The highest BCUT2D eigenvalue weighted by Gasteiger charge is 2.12. The summed E-state index contributed by atoms with van der Waals surface area (Å²) in [5.41, 5.74) is 1.13. The van der Waals surface area contributed by atoms with E-state index in [2.05, 4.69) is 0 Å². The van der Waals surface area contributed by atoms with Crippen molar-refractivity contribution in [2.45, 2.75) is 13.1 Å². The average molecular weight is 426 g/mol. The first-order valence-corrected chi connectivity index (χ1v) is 9.98. The lowest BCUT2D eigenvalue weighted by Crippen LogP contribution is -2.35. The van der Waals surface area contributed by atoms with Crippen LogP contribution in [-0.2, 0) is 22.6 Å². The second-order valence-electron chi connectivity index (χ2n) is 7.33. The minimum Gasteiger partial charge on any atom is -0.379 e. The molecule has 0 aromatic heterocycles. The van der Waals surface area contributed by atoms with E-state index >= 15 is 0 Å². The van der Waals surface area contributed by atoms with Gasteiger partial charge in [-0.25, -0.2) is 17.6 Å². The molecule has 0 saturated carbocycles. The van der Waals surface area contributed by atoms with Gasteiger partial charge in [-0.05, 0) is 35.4 Å². The third-order valence-corrected chi connectivity index (χ3v) is 4.86. The zero-order valence-electron chi connectivity index (χ0n) is 16.8. The highest BCUT2D eigenvalue weighted by molar-refractivity contribution is 5.18. The first-order chi connectivity index (χ1) is 14.5. The van der Waals surface area contributed by atoms with Gasteiger partial charge >= 0.3 is 0 Å². The number of nitrogens with zero attached hydrogens (tertiary/aromatic N) is 2. The summed E-state index contributed by atoms with van der Waals surface area (Å²) in [6.07, 6.45) is 0. The third kappa shape index (κ3) is 7.68. The number of hydrogen-bond donors (Lipinski definition) is 0. The molecule has 0 amide bonds. The van der Waals surface area contributed by atoms with Gasteiger partial charge in [0.1, 0.15) is 23.3 Å². The van der Waals surface area contributed by atoms with E-state index in [1.54, 1.807) is 0 Å². The van der Waals surface area contributed by atoms with Gasteiger partial charge in [-0.3, -0.25) is 9.80 Å². The number of halogens is 4. The van der Waals surface area contributed by atoms with Crippen LogP contribution in [0, 0.1) is 23.3 Å². The van der Waals surface area contributed by atoms with Gasteiger partial charge in [-0.15, -0.1) is 0 Å². The standard InChI is InChI=1S/C22H26F4N2O2/c23-19-9-17(10-20(24)13-19)15-27-1-5-29-7-3-28(4-8-30-6-2-27)16-18-11-21(25)14-22(26)12-18/h9-14H,1-8,15-16H2. The van der Waals surface area contributed by atoms with Crippen LogP contribution in [0.1, 0.15) is 11.1 Å². The first kappa shape index (κ1) is 22.7. The lowest BCUT2D eigenvalue weighted by atomic mass is 10.2. The Morgan fingerprint density at radius 3 is 1.13 bits per heavy atom. The fraction of sp³-hybridized carbons (Fsp3) is 0.455. The molecule has 8 heteroatoms. The lowest BCUT2D eigenvalue weighted by Gasteiger charge is -2.26. The Hall–Kier alpha value is -2.00. The molecule has 1 fully saturated rings. The van der Waals surface area contributed by atoms with Crippen LogP contribution in [0.4, 0.5) is 17.6 Å². The highest BCUT2D eigenvalue weighted by Crippen LogP contribution is 2.12. The number of ether oxygens (including phenoxy) is 2. The van der Waals surface area contributed by atoms with Gasteiger partial charge in [-0.1, -0.05) is 0 Å². The molecule has 0 aliphatic carbocycles. The minimum atomic E-state index is -0.592. The van der Waals surface area contributed by atoms with E-state index in [0.717, 1.165) is 12.1 Å². The minimum absolute atomic E-state index is 0.401. The first-order valence-electron chi connectivity index (χ1n) is 9.98. The van der Waals surface area contributed by atoms with Crippen LogP contribution in [-0.4, -0.2) is 62.4 Å². The number of hydrogen-bond acceptors (Lipinski definition) is 4. The molecule has 3 rings (SSSR count). The quantitative estimate of drug-likeness (QED) is 0.698. The smallest absolute Gasteiger partial charge is 0.126 e. The second-order valence-corrected chi connectivity index (χ2v) is 7.33. The summed E-state index contributed by atoms with van der Waals surface area (Å²) < 4.78 is 65.1. The maximum atomic E-state index is 13.4. The molecule has 1 aliphatic heterocycles. The molecule has 0 N–H and O–H groups in total. The Labute approximate surface area is 174 Å². The lowest BCUT2D eigenvalue weighted by molar-refractivity contribution is 0.0342.